The second-order valence-corrected chi connectivity index (χ2v) is 5.22. The minimum Gasteiger partial charge on any atom is -0.384 e. The summed E-state index contributed by atoms with van der Waals surface area (Å²) in [4.78, 5) is 0. The molecule has 0 bridgehead atoms. The highest BCUT2D eigenvalue weighted by Crippen LogP contribution is 2.26. The zero-order chi connectivity index (χ0) is 11.9. The van der Waals surface area contributed by atoms with Crippen molar-refractivity contribution in [2.24, 2.45) is 5.92 Å². The van der Waals surface area contributed by atoms with Crippen LogP contribution in [0.3, 0.4) is 0 Å². The summed E-state index contributed by atoms with van der Waals surface area (Å²) in [5.74, 6) is 0.791. The van der Waals surface area contributed by atoms with E-state index < -0.39 is 0 Å². The van der Waals surface area contributed by atoms with Gasteiger partial charge in [-0.25, -0.2) is 0 Å². The first-order valence-corrected chi connectivity index (χ1v) is 6.39. The topological polar surface area (TPSA) is 12.0 Å². The van der Waals surface area contributed by atoms with Gasteiger partial charge in [-0.2, -0.15) is 0 Å². The van der Waals surface area contributed by atoms with E-state index in [2.05, 4.69) is 46.5 Å². The predicted octanol–water partition coefficient (Wildman–Crippen LogP) is 4.49. The van der Waals surface area contributed by atoms with E-state index in [4.69, 9.17) is 0 Å². The molecule has 0 aromatic carbocycles. The molecule has 0 heterocycles. The monoisotopic (exact) mass is 211 g/mol. The Bertz CT molecular complexity index is 184. The normalized spacial score (nSPS) is 15.1. The van der Waals surface area contributed by atoms with Crippen LogP contribution < -0.4 is 5.32 Å². The molecule has 1 unspecified atom stereocenters. The number of rotatable bonds is 8. The molecule has 0 aromatic heterocycles. The summed E-state index contributed by atoms with van der Waals surface area (Å²) >= 11 is 0. The first-order valence-electron chi connectivity index (χ1n) is 6.39. The fourth-order valence-corrected chi connectivity index (χ4v) is 2.19. The zero-order valence-corrected chi connectivity index (χ0v) is 11.3. The van der Waals surface area contributed by atoms with Gasteiger partial charge in [-0.1, -0.05) is 40.7 Å². The molecule has 0 aromatic rings. The molecule has 0 radical (unpaired) electrons. The van der Waals surface area contributed by atoms with E-state index in [9.17, 15) is 0 Å². The molecule has 1 heteroatoms. The summed E-state index contributed by atoms with van der Waals surface area (Å²) in [6.07, 6.45) is 6.26. The van der Waals surface area contributed by atoms with Crippen molar-refractivity contribution >= 4 is 0 Å². The second kappa shape index (κ2) is 6.92. The maximum Gasteiger partial charge on any atom is 0.0367 e. The van der Waals surface area contributed by atoms with E-state index in [0.29, 0.717) is 5.54 Å². The van der Waals surface area contributed by atoms with Crippen LogP contribution in [0.5, 0.6) is 0 Å². The fraction of sp³-hybridized carbons (Fsp3) is 0.857. The molecule has 90 valence electrons. The molecule has 0 spiro atoms. The van der Waals surface area contributed by atoms with Crippen molar-refractivity contribution in [3.8, 4) is 0 Å². The van der Waals surface area contributed by atoms with E-state index in [1.54, 1.807) is 0 Å². The van der Waals surface area contributed by atoms with Crippen LogP contribution in [-0.2, 0) is 0 Å². The van der Waals surface area contributed by atoms with Gasteiger partial charge in [-0.15, -0.1) is 0 Å². The van der Waals surface area contributed by atoms with Crippen molar-refractivity contribution in [1.82, 2.24) is 5.32 Å². The summed E-state index contributed by atoms with van der Waals surface area (Å²) < 4.78 is 0. The Kier molecular flexibility index (Phi) is 6.71. The number of hydrogen-bond donors (Lipinski definition) is 1. The molecule has 0 aliphatic heterocycles. The molecule has 1 atom stereocenters. The van der Waals surface area contributed by atoms with Gasteiger partial charge in [0, 0.05) is 11.2 Å². The molecule has 0 saturated carbocycles. The first kappa shape index (κ1) is 14.5. The molecule has 0 fully saturated rings. The Morgan fingerprint density at radius 2 is 1.87 bits per heavy atom. The quantitative estimate of drug-likeness (QED) is 0.623. The summed E-state index contributed by atoms with van der Waals surface area (Å²) in [7, 11) is 0. The van der Waals surface area contributed by atoms with Crippen molar-refractivity contribution in [1.29, 1.82) is 0 Å². The number of hydrogen-bond acceptors (Lipinski definition) is 1. The minimum atomic E-state index is 0.296. The van der Waals surface area contributed by atoms with Crippen LogP contribution in [0.4, 0.5) is 0 Å². The standard InChI is InChI=1S/C14H29N/c1-7-10-14(8-2,15-13(5)6)11-9-12(3)4/h12,15H,5,7-11H2,1-4,6H3. The number of nitrogens with one attached hydrogen (secondary N) is 1. The van der Waals surface area contributed by atoms with Crippen LogP contribution in [0.15, 0.2) is 12.3 Å². The average molecular weight is 211 g/mol. The van der Waals surface area contributed by atoms with E-state index in [0.717, 1.165) is 11.6 Å². The van der Waals surface area contributed by atoms with Gasteiger partial charge in [0.25, 0.3) is 0 Å². The van der Waals surface area contributed by atoms with E-state index in [1.165, 1.54) is 32.1 Å². The van der Waals surface area contributed by atoms with Crippen LogP contribution in [-0.4, -0.2) is 5.54 Å². The Hall–Kier alpha value is -0.460. The lowest BCUT2D eigenvalue weighted by molar-refractivity contribution is 0.271. The number of allylic oxidation sites excluding steroid dienone is 1. The highest BCUT2D eigenvalue weighted by Gasteiger charge is 2.26. The molecule has 0 saturated heterocycles. The molecular formula is C14H29N. The van der Waals surface area contributed by atoms with Crippen molar-refractivity contribution in [2.45, 2.75) is 72.3 Å². The summed E-state index contributed by atoms with van der Waals surface area (Å²) in [6, 6.07) is 0. The third-order valence-corrected chi connectivity index (χ3v) is 3.08. The Morgan fingerprint density at radius 3 is 2.20 bits per heavy atom. The van der Waals surface area contributed by atoms with Gasteiger partial charge in [-0.3, -0.25) is 0 Å². The lowest BCUT2D eigenvalue weighted by atomic mass is 9.83. The van der Waals surface area contributed by atoms with Gasteiger partial charge in [0.05, 0.1) is 0 Å². The van der Waals surface area contributed by atoms with Crippen LogP contribution in [0.25, 0.3) is 0 Å². The van der Waals surface area contributed by atoms with Crippen LogP contribution in [0.1, 0.15) is 66.7 Å². The van der Waals surface area contributed by atoms with Gasteiger partial charge in [0.15, 0.2) is 0 Å². The smallest absolute Gasteiger partial charge is 0.0367 e. The van der Waals surface area contributed by atoms with E-state index in [-0.39, 0.29) is 0 Å². The van der Waals surface area contributed by atoms with Crippen LogP contribution >= 0.6 is 0 Å². The van der Waals surface area contributed by atoms with Crippen molar-refractivity contribution in [2.75, 3.05) is 0 Å². The van der Waals surface area contributed by atoms with Gasteiger partial charge in [0.1, 0.15) is 0 Å². The molecule has 15 heavy (non-hydrogen) atoms. The Balaban J connectivity index is 4.41. The second-order valence-electron chi connectivity index (χ2n) is 5.22. The molecule has 1 nitrogen and oxygen atoms in total. The highest BCUT2D eigenvalue weighted by atomic mass is 15.0. The lowest BCUT2D eigenvalue weighted by Crippen LogP contribution is -2.43. The van der Waals surface area contributed by atoms with Crippen molar-refractivity contribution < 1.29 is 0 Å². The van der Waals surface area contributed by atoms with Gasteiger partial charge in [-0.05, 0) is 38.5 Å². The fourth-order valence-electron chi connectivity index (χ4n) is 2.19. The molecule has 0 aliphatic rings. The third-order valence-electron chi connectivity index (χ3n) is 3.08. The highest BCUT2D eigenvalue weighted by molar-refractivity contribution is 4.97. The maximum absolute atomic E-state index is 3.99. The van der Waals surface area contributed by atoms with Crippen molar-refractivity contribution in [3.63, 3.8) is 0 Å². The average Bonchev–Trinajstić information content (AvgIpc) is 2.14. The van der Waals surface area contributed by atoms with Crippen LogP contribution in [0, 0.1) is 5.92 Å². The summed E-state index contributed by atoms with van der Waals surface area (Å²) in [5.41, 5.74) is 1.40. The summed E-state index contributed by atoms with van der Waals surface area (Å²) in [6.45, 7) is 15.2. The Labute approximate surface area is 96.3 Å². The molecule has 0 aliphatic carbocycles. The SMILES string of the molecule is C=C(C)NC(CC)(CCC)CCC(C)C. The molecule has 1 N–H and O–H groups in total. The maximum atomic E-state index is 3.99. The largest absolute Gasteiger partial charge is 0.384 e. The van der Waals surface area contributed by atoms with E-state index >= 15 is 0 Å². The van der Waals surface area contributed by atoms with Gasteiger partial charge in [0.2, 0.25) is 0 Å². The molecule has 0 rings (SSSR count). The predicted molar refractivity (Wildman–Crippen MR) is 70.0 cm³/mol. The lowest BCUT2D eigenvalue weighted by Gasteiger charge is -2.36. The van der Waals surface area contributed by atoms with Crippen molar-refractivity contribution in [3.05, 3.63) is 12.3 Å². The van der Waals surface area contributed by atoms with Crippen LogP contribution in [0.2, 0.25) is 0 Å². The zero-order valence-electron chi connectivity index (χ0n) is 11.3. The Morgan fingerprint density at radius 1 is 1.27 bits per heavy atom. The third kappa shape index (κ3) is 5.86. The van der Waals surface area contributed by atoms with Gasteiger partial charge >= 0.3 is 0 Å². The summed E-state index contributed by atoms with van der Waals surface area (Å²) in [5, 5.41) is 3.60. The van der Waals surface area contributed by atoms with Gasteiger partial charge < -0.3 is 5.32 Å². The van der Waals surface area contributed by atoms with E-state index in [1.807, 2.05) is 0 Å². The molecular weight excluding hydrogens is 182 g/mol. The molecule has 0 amide bonds. The minimum absolute atomic E-state index is 0.296. The first-order chi connectivity index (χ1) is 6.95.